The number of aromatic amines is 1. The van der Waals surface area contributed by atoms with Gasteiger partial charge in [-0.3, -0.25) is 4.57 Å². The van der Waals surface area contributed by atoms with Crippen molar-refractivity contribution in [3.8, 4) is 0 Å². The van der Waals surface area contributed by atoms with Crippen molar-refractivity contribution in [2.45, 2.75) is 25.4 Å². The molecule has 90 valence electrons. The van der Waals surface area contributed by atoms with Crippen molar-refractivity contribution in [3.05, 3.63) is 34.5 Å². The molecule has 1 fully saturated rings. The van der Waals surface area contributed by atoms with Crippen molar-refractivity contribution in [3.63, 3.8) is 0 Å². The monoisotopic (exact) mass is 235 g/mol. The number of hydrogen-bond acceptors (Lipinski definition) is 2. The van der Waals surface area contributed by atoms with Crippen molar-refractivity contribution in [1.82, 2.24) is 14.9 Å². The Morgan fingerprint density at radius 2 is 2.35 bits per heavy atom. The van der Waals surface area contributed by atoms with E-state index in [9.17, 15) is 9.18 Å². The third-order valence-electron chi connectivity index (χ3n) is 3.31. The maximum absolute atomic E-state index is 13.7. The number of hydrogen-bond donors (Lipinski definition) is 2. The van der Waals surface area contributed by atoms with Crippen LogP contribution in [0.1, 0.15) is 12.8 Å². The lowest BCUT2D eigenvalue weighted by molar-refractivity contribution is 0.503. The van der Waals surface area contributed by atoms with E-state index in [0.29, 0.717) is 17.6 Å². The molecule has 0 spiro atoms. The zero-order valence-corrected chi connectivity index (χ0v) is 9.37. The predicted octanol–water partition coefficient (Wildman–Crippen LogP) is 1.22. The van der Waals surface area contributed by atoms with Crippen molar-refractivity contribution in [2.75, 3.05) is 6.54 Å². The van der Waals surface area contributed by atoms with Gasteiger partial charge >= 0.3 is 5.69 Å². The van der Waals surface area contributed by atoms with E-state index in [0.717, 1.165) is 19.4 Å². The predicted molar refractivity (Wildman–Crippen MR) is 63.5 cm³/mol. The molecular weight excluding hydrogens is 221 g/mol. The second-order valence-electron chi connectivity index (χ2n) is 4.47. The average Bonchev–Trinajstić information content (AvgIpc) is 2.89. The largest absolute Gasteiger partial charge is 0.326 e. The van der Waals surface area contributed by atoms with Gasteiger partial charge in [-0.05, 0) is 31.5 Å². The molecule has 1 aliphatic rings. The quantitative estimate of drug-likeness (QED) is 0.822. The summed E-state index contributed by atoms with van der Waals surface area (Å²) in [5, 5.41) is 3.31. The molecule has 0 bridgehead atoms. The molecule has 3 rings (SSSR count). The van der Waals surface area contributed by atoms with E-state index in [-0.39, 0.29) is 17.5 Å². The van der Waals surface area contributed by atoms with Gasteiger partial charge in [-0.25, -0.2) is 9.18 Å². The van der Waals surface area contributed by atoms with Crippen LogP contribution >= 0.6 is 0 Å². The Morgan fingerprint density at radius 3 is 3.12 bits per heavy atom. The van der Waals surface area contributed by atoms with Crippen molar-refractivity contribution in [2.24, 2.45) is 0 Å². The second kappa shape index (κ2) is 4.00. The van der Waals surface area contributed by atoms with Gasteiger partial charge in [0.25, 0.3) is 0 Å². The minimum Gasteiger partial charge on any atom is -0.312 e. The second-order valence-corrected chi connectivity index (χ2v) is 4.47. The Morgan fingerprint density at radius 1 is 1.47 bits per heavy atom. The van der Waals surface area contributed by atoms with Crippen molar-refractivity contribution < 1.29 is 4.39 Å². The van der Waals surface area contributed by atoms with E-state index in [2.05, 4.69) is 10.3 Å². The zero-order valence-electron chi connectivity index (χ0n) is 9.37. The summed E-state index contributed by atoms with van der Waals surface area (Å²) < 4.78 is 15.2. The van der Waals surface area contributed by atoms with Gasteiger partial charge in [0, 0.05) is 12.6 Å². The Kier molecular flexibility index (Phi) is 2.48. The fraction of sp³-hybridized carbons (Fsp3) is 0.417. The van der Waals surface area contributed by atoms with Gasteiger partial charge in [-0.1, -0.05) is 6.07 Å². The van der Waals surface area contributed by atoms with Crippen LogP contribution < -0.4 is 11.0 Å². The Hall–Kier alpha value is -1.62. The molecule has 4 nitrogen and oxygen atoms in total. The number of rotatable bonds is 2. The van der Waals surface area contributed by atoms with Gasteiger partial charge < -0.3 is 10.3 Å². The summed E-state index contributed by atoms with van der Waals surface area (Å²) in [6.07, 6.45) is 2.15. The van der Waals surface area contributed by atoms with Crippen LogP contribution in [-0.4, -0.2) is 22.1 Å². The first-order valence-electron chi connectivity index (χ1n) is 5.86. The van der Waals surface area contributed by atoms with Crippen molar-refractivity contribution in [1.29, 1.82) is 0 Å². The lowest BCUT2D eigenvalue weighted by atomic mass is 10.2. The molecule has 0 aliphatic carbocycles. The topological polar surface area (TPSA) is 49.8 Å². The minimum atomic E-state index is -0.348. The van der Waals surface area contributed by atoms with Crippen molar-refractivity contribution >= 4 is 11.0 Å². The molecular formula is C12H14FN3O. The molecule has 0 saturated carbocycles. The molecule has 1 aromatic carbocycles. The van der Waals surface area contributed by atoms with E-state index >= 15 is 0 Å². The molecule has 17 heavy (non-hydrogen) atoms. The van der Waals surface area contributed by atoms with Crippen LogP contribution in [0.2, 0.25) is 0 Å². The summed E-state index contributed by atoms with van der Waals surface area (Å²) in [6.45, 7) is 1.50. The molecule has 1 aromatic heterocycles. The third kappa shape index (κ3) is 1.76. The Balaban J connectivity index is 2.08. The summed E-state index contributed by atoms with van der Waals surface area (Å²) in [7, 11) is 0. The van der Waals surface area contributed by atoms with E-state index in [1.165, 1.54) is 10.6 Å². The van der Waals surface area contributed by atoms with Crippen LogP contribution in [0.15, 0.2) is 23.0 Å². The number of halogens is 1. The number of benzene rings is 1. The number of para-hydroxylation sites is 1. The fourth-order valence-corrected chi connectivity index (χ4v) is 2.48. The smallest absolute Gasteiger partial charge is 0.312 e. The number of H-pyrrole nitrogens is 1. The maximum Gasteiger partial charge on any atom is 0.326 e. The van der Waals surface area contributed by atoms with Crippen LogP contribution in [0.3, 0.4) is 0 Å². The minimum absolute atomic E-state index is 0.237. The highest BCUT2D eigenvalue weighted by molar-refractivity contribution is 5.75. The van der Waals surface area contributed by atoms with E-state index < -0.39 is 0 Å². The van der Waals surface area contributed by atoms with Gasteiger partial charge in [0.05, 0.1) is 5.52 Å². The fourth-order valence-electron chi connectivity index (χ4n) is 2.48. The zero-order chi connectivity index (χ0) is 11.8. The van der Waals surface area contributed by atoms with E-state index in [1.54, 1.807) is 12.1 Å². The van der Waals surface area contributed by atoms with Crippen LogP contribution in [0.4, 0.5) is 4.39 Å². The molecule has 1 atom stereocenters. The van der Waals surface area contributed by atoms with Gasteiger partial charge in [-0.2, -0.15) is 0 Å². The summed E-state index contributed by atoms with van der Waals surface area (Å²) >= 11 is 0. The SMILES string of the molecule is O=c1[nH]c2cccc(F)c2n1CC1CCCN1. The summed E-state index contributed by atoms with van der Waals surface area (Å²) in [5.41, 5.74) is 0.706. The summed E-state index contributed by atoms with van der Waals surface area (Å²) in [5.74, 6) is -0.348. The Labute approximate surface area is 97.4 Å². The highest BCUT2D eigenvalue weighted by Gasteiger charge is 2.18. The molecule has 0 radical (unpaired) electrons. The molecule has 1 unspecified atom stereocenters. The standard InChI is InChI=1S/C12H14FN3O/c13-9-4-1-5-10-11(9)16(12(17)15-10)7-8-3-2-6-14-8/h1,4-5,8,14H,2-3,6-7H2,(H,15,17). The molecule has 1 aliphatic heterocycles. The third-order valence-corrected chi connectivity index (χ3v) is 3.31. The average molecular weight is 235 g/mol. The van der Waals surface area contributed by atoms with Gasteiger partial charge in [0.1, 0.15) is 11.3 Å². The first-order chi connectivity index (χ1) is 8.25. The van der Waals surface area contributed by atoms with Gasteiger partial charge in [-0.15, -0.1) is 0 Å². The number of nitrogens with zero attached hydrogens (tertiary/aromatic N) is 1. The highest BCUT2D eigenvalue weighted by atomic mass is 19.1. The molecule has 2 aromatic rings. The maximum atomic E-state index is 13.7. The van der Waals surface area contributed by atoms with E-state index in [1.807, 2.05) is 0 Å². The lowest BCUT2D eigenvalue weighted by Gasteiger charge is -2.11. The van der Waals surface area contributed by atoms with Crippen LogP contribution in [0.25, 0.3) is 11.0 Å². The summed E-state index contributed by atoms with van der Waals surface area (Å²) in [4.78, 5) is 14.5. The number of fused-ring (bicyclic) bond motifs is 1. The molecule has 1 saturated heterocycles. The lowest BCUT2D eigenvalue weighted by Crippen LogP contribution is -2.31. The van der Waals surface area contributed by atoms with Crippen LogP contribution in [0, 0.1) is 5.82 Å². The summed E-state index contributed by atoms with van der Waals surface area (Å²) in [6, 6.07) is 4.98. The number of imidazole rings is 1. The van der Waals surface area contributed by atoms with Gasteiger partial charge in [0.2, 0.25) is 0 Å². The Bertz CT molecular complexity index is 595. The highest BCUT2D eigenvalue weighted by Crippen LogP contribution is 2.16. The van der Waals surface area contributed by atoms with Crippen LogP contribution in [0.5, 0.6) is 0 Å². The van der Waals surface area contributed by atoms with Crippen LogP contribution in [-0.2, 0) is 6.54 Å². The first kappa shape index (κ1) is 10.5. The first-order valence-corrected chi connectivity index (χ1v) is 5.86. The molecule has 5 heteroatoms. The number of aromatic nitrogens is 2. The molecule has 0 amide bonds. The molecule has 2 N–H and O–H groups in total. The van der Waals surface area contributed by atoms with Gasteiger partial charge in [0.15, 0.2) is 0 Å². The number of nitrogens with one attached hydrogen (secondary N) is 2. The normalized spacial score (nSPS) is 20.2. The molecule has 2 heterocycles. The van der Waals surface area contributed by atoms with E-state index in [4.69, 9.17) is 0 Å².